The van der Waals surface area contributed by atoms with Gasteiger partial charge in [0.1, 0.15) is 24.0 Å². The van der Waals surface area contributed by atoms with E-state index in [0.29, 0.717) is 5.75 Å². The maximum atomic E-state index is 11.5. The fraction of sp³-hybridized carbons (Fsp3) is 0.400. The highest BCUT2D eigenvalue weighted by Gasteiger charge is 2.56. The summed E-state index contributed by atoms with van der Waals surface area (Å²) in [5, 5.41) is 17.3. The molecule has 0 radical (unpaired) electrons. The van der Waals surface area contributed by atoms with Crippen LogP contribution in [0.4, 0.5) is 0 Å². The average Bonchev–Trinajstić information content (AvgIpc) is 2.98. The van der Waals surface area contributed by atoms with Crippen LogP contribution in [0.3, 0.4) is 0 Å². The van der Waals surface area contributed by atoms with E-state index in [0.717, 1.165) is 15.9 Å². The number of aliphatic hydroxyl groups excluding tert-OH is 1. The molecule has 10 heteroatoms. The maximum absolute atomic E-state index is 11.5. The van der Waals surface area contributed by atoms with E-state index in [2.05, 4.69) is 55.1 Å². The molecule has 0 aliphatic carbocycles. The third-order valence-electron chi connectivity index (χ3n) is 7.62. The third kappa shape index (κ3) is 5.27. The number of benzene rings is 3. The fourth-order valence-corrected chi connectivity index (χ4v) is 10.2. The zero-order valence-electron chi connectivity index (χ0n) is 23.1. The smallest absolute Gasteiger partial charge is 0.264 e. The van der Waals surface area contributed by atoms with Crippen molar-refractivity contribution in [3.8, 4) is 5.75 Å². The summed E-state index contributed by atoms with van der Waals surface area (Å²) in [6, 6.07) is 26.5. The van der Waals surface area contributed by atoms with Crippen molar-refractivity contribution in [3.05, 3.63) is 101 Å². The summed E-state index contributed by atoms with van der Waals surface area (Å²) in [7, 11) is -1.48. The van der Waals surface area contributed by atoms with Crippen LogP contribution < -0.4 is 15.1 Å². The number of fused-ring (bicyclic) bond motifs is 1. The zero-order valence-corrected chi connectivity index (χ0v) is 24.1. The Kier molecular flexibility index (Phi) is 8.30. The largest absolute Gasteiger partial charge is 0.497 e. The van der Waals surface area contributed by atoms with E-state index < -0.39 is 45.3 Å². The van der Waals surface area contributed by atoms with E-state index in [9.17, 15) is 10.6 Å². The summed E-state index contributed by atoms with van der Waals surface area (Å²) in [6.07, 6.45) is -4.33. The minimum absolute atomic E-state index is 0.169. The van der Waals surface area contributed by atoms with Crippen molar-refractivity contribution >= 4 is 18.7 Å². The van der Waals surface area contributed by atoms with Gasteiger partial charge in [0.15, 0.2) is 12.6 Å². The first kappa shape index (κ1) is 28.3. The highest BCUT2D eigenvalue weighted by atomic mass is 28.4. The van der Waals surface area contributed by atoms with Crippen LogP contribution in [0.25, 0.3) is 10.4 Å². The van der Waals surface area contributed by atoms with Crippen molar-refractivity contribution in [3.63, 3.8) is 0 Å². The lowest BCUT2D eigenvalue weighted by molar-refractivity contribution is -0.332. The molecule has 2 aliphatic rings. The second-order valence-corrected chi connectivity index (χ2v) is 15.3. The monoisotopic (exact) mass is 561 g/mol. The molecule has 2 heterocycles. The second kappa shape index (κ2) is 11.7. The average molecular weight is 562 g/mol. The standard InChI is InChI=1S/C30H35N3O6Si/c1-30(2,3)40(22-11-7-5-8-12-22,23-13-9-6-10-14-23)39-29-25(32-33-31)26(34)27-24(37-29)19-36-28(38-27)20-15-17-21(35-4)18-16-20/h5-18,24-29,34H,19H2,1-4H3/t24?,25?,26-,27+,28?,29+/m1/s1. The Labute approximate surface area is 235 Å². The molecule has 0 saturated carbocycles. The molecule has 5 rings (SSSR count). The summed E-state index contributed by atoms with van der Waals surface area (Å²) in [5.74, 6) is 0.713. The van der Waals surface area contributed by atoms with Gasteiger partial charge in [-0.05, 0) is 33.1 Å². The molecule has 210 valence electrons. The molecule has 0 amide bonds. The molecule has 9 nitrogen and oxygen atoms in total. The highest BCUT2D eigenvalue weighted by Crippen LogP contribution is 2.41. The van der Waals surface area contributed by atoms with Gasteiger partial charge in [0, 0.05) is 10.5 Å². The van der Waals surface area contributed by atoms with Gasteiger partial charge in [-0.2, -0.15) is 0 Å². The molecule has 40 heavy (non-hydrogen) atoms. The molecule has 3 aromatic rings. The number of ether oxygens (including phenoxy) is 4. The van der Waals surface area contributed by atoms with Gasteiger partial charge in [0.25, 0.3) is 8.32 Å². The molecule has 2 aliphatic heterocycles. The molecule has 3 unspecified atom stereocenters. The van der Waals surface area contributed by atoms with Crippen molar-refractivity contribution < 1.29 is 28.5 Å². The van der Waals surface area contributed by atoms with Gasteiger partial charge in [0.05, 0.1) is 19.8 Å². The maximum Gasteiger partial charge on any atom is 0.264 e. The van der Waals surface area contributed by atoms with E-state index in [1.165, 1.54) is 0 Å². The second-order valence-electron chi connectivity index (χ2n) is 11.0. The summed E-state index contributed by atoms with van der Waals surface area (Å²) in [4.78, 5) is 3.05. The Balaban J connectivity index is 1.49. The first-order valence-electron chi connectivity index (χ1n) is 13.4. The van der Waals surface area contributed by atoms with Gasteiger partial charge in [-0.1, -0.05) is 98.7 Å². The lowest BCUT2D eigenvalue weighted by atomic mass is 9.96. The number of azide groups is 1. The Morgan fingerprint density at radius 2 is 1.52 bits per heavy atom. The number of nitrogens with zero attached hydrogens (tertiary/aromatic N) is 3. The fourth-order valence-electron chi connectivity index (χ4n) is 5.65. The van der Waals surface area contributed by atoms with Crippen LogP contribution >= 0.6 is 0 Å². The Hall–Kier alpha value is -3.21. The van der Waals surface area contributed by atoms with Gasteiger partial charge in [-0.3, -0.25) is 0 Å². The van der Waals surface area contributed by atoms with Crippen LogP contribution in [0.15, 0.2) is 90.0 Å². The van der Waals surface area contributed by atoms with Gasteiger partial charge in [0.2, 0.25) is 0 Å². The number of rotatable bonds is 7. The van der Waals surface area contributed by atoms with Crippen LogP contribution in [-0.2, 0) is 18.6 Å². The Morgan fingerprint density at radius 1 is 0.925 bits per heavy atom. The lowest BCUT2D eigenvalue weighted by Gasteiger charge is -2.51. The molecule has 3 aromatic carbocycles. The van der Waals surface area contributed by atoms with Crippen LogP contribution in [0.5, 0.6) is 5.75 Å². The number of methoxy groups -OCH3 is 1. The van der Waals surface area contributed by atoms with Gasteiger partial charge in [-0.25, -0.2) is 0 Å². The topological polar surface area (TPSA) is 115 Å². The summed E-state index contributed by atoms with van der Waals surface area (Å²) >= 11 is 0. The molecule has 0 bridgehead atoms. The highest BCUT2D eigenvalue weighted by molar-refractivity contribution is 6.99. The first-order chi connectivity index (χ1) is 19.3. The van der Waals surface area contributed by atoms with E-state index in [1.807, 2.05) is 60.7 Å². The van der Waals surface area contributed by atoms with Gasteiger partial charge >= 0.3 is 0 Å². The van der Waals surface area contributed by atoms with Crippen molar-refractivity contribution in [2.45, 2.75) is 62.7 Å². The number of hydrogen-bond donors (Lipinski definition) is 1. The molecular weight excluding hydrogens is 526 g/mol. The molecule has 0 aromatic heterocycles. The van der Waals surface area contributed by atoms with Crippen LogP contribution in [0.1, 0.15) is 32.6 Å². The molecule has 2 saturated heterocycles. The molecule has 6 atom stereocenters. The molecular formula is C30H35N3O6Si. The zero-order chi connectivity index (χ0) is 28.3. The Bertz CT molecular complexity index is 1280. The van der Waals surface area contributed by atoms with Gasteiger partial charge < -0.3 is 28.5 Å². The summed E-state index contributed by atoms with van der Waals surface area (Å²) < 4.78 is 31.0. The van der Waals surface area contributed by atoms with Crippen molar-refractivity contribution in [2.75, 3.05) is 13.7 Å². The van der Waals surface area contributed by atoms with Gasteiger partial charge in [-0.15, -0.1) is 0 Å². The van der Waals surface area contributed by atoms with Crippen molar-refractivity contribution in [2.24, 2.45) is 5.11 Å². The van der Waals surface area contributed by atoms with Crippen molar-refractivity contribution in [1.82, 2.24) is 0 Å². The van der Waals surface area contributed by atoms with Crippen LogP contribution in [0, 0.1) is 0 Å². The summed E-state index contributed by atoms with van der Waals surface area (Å²) in [6.45, 7) is 6.62. The molecule has 1 N–H and O–H groups in total. The van der Waals surface area contributed by atoms with E-state index in [-0.39, 0.29) is 11.6 Å². The number of aliphatic hydroxyl groups is 1. The summed E-state index contributed by atoms with van der Waals surface area (Å²) in [5.41, 5.74) is 10.3. The first-order valence-corrected chi connectivity index (χ1v) is 15.3. The molecule has 0 spiro atoms. The van der Waals surface area contributed by atoms with Crippen LogP contribution in [-0.4, -0.2) is 57.8 Å². The van der Waals surface area contributed by atoms with E-state index >= 15 is 0 Å². The number of hydrogen-bond acceptors (Lipinski definition) is 7. The minimum Gasteiger partial charge on any atom is -0.497 e. The third-order valence-corrected chi connectivity index (χ3v) is 12.6. The predicted molar refractivity (Wildman–Crippen MR) is 153 cm³/mol. The molecule has 2 fully saturated rings. The van der Waals surface area contributed by atoms with E-state index in [4.69, 9.17) is 23.4 Å². The van der Waals surface area contributed by atoms with E-state index in [1.54, 1.807) is 7.11 Å². The predicted octanol–water partition coefficient (Wildman–Crippen LogP) is 4.45. The quantitative estimate of drug-likeness (QED) is 0.197. The Morgan fingerprint density at radius 3 is 2.05 bits per heavy atom. The SMILES string of the molecule is COc1ccc(C2OCC3O[C@@H](O[Si](c4ccccc4)(c4ccccc4)C(C)(C)C)C(N=[N+]=[N-])[C@@H](O)[C@H]3O2)cc1. The normalized spacial score (nSPS) is 26.8. The van der Waals surface area contributed by atoms with Crippen LogP contribution in [0.2, 0.25) is 5.04 Å². The van der Waals surface area contributed by atoms with Crippen molar-refractivity contribution in [1.29, 1.82) is 0 Å². The minimum atomic E-state index is -3.08. The lowest BCUT2D eigenvalue weighted by Crippen LogP contribution is -2.71.